The van der Waals surface area contributed by atoms with E-state index in [2.05, 4.69) is 5.32 Å². The number of carbonyl (C=O) groups is 1. The van der Waals surface area contributed by atoms with Crippen LogP contribution in [0.4, 0.5) is 0 Å². The van der Waals surface area contributed by atoms with Crippen LogP contribution in [0.5, 0.6) is 0 Å². The summed E-state index contributed by atoms with van der Waals surface area (Å²) in [6.45, 7) is 0.533. The lowest BCUT2D eigenvalue weighted by Crippen LogP contribution is -2.32. The van der Waals surface area contributed by atoms with Crippen molar-refractivity contribution >= 4 is 15.7 Å². The van der Waals surface area contributed by atoms with E-state index in [0.29, 0.717) is 6.54 Å². The summed E-state index contributed by atoms with van der Waals surface area (Å²) >= 11 is 0. The molecule has 1 amide bonds. The van der Waals surface area contributed by atoms with E-state index in [1.54, 1.807) is 0 Å². The average Bonchev–Trinajstić information content (AvgIpc) is 2.91. The molecular weight excluding hydrogens is 218 g/mol. The van der Waals surface area contributed by atoms with Crippen LogP contribution < -0.4 is 5.32 Å². The number of amides is 1. The van der Waals surface area contributed by atoms with Gasteiger partial charge < -0.3 is 10.4 Å². The Kier molecular flexibility index (Phi) is 3.72. The largest absolute Gasteiger partial charge is 0.396 e. The Labute approximate surface area is 89.8 Å². The molecule has 1 rings (SSSR count). The van der Waals surface area contributed by atoms with Gasteiger partial charge in [-0.3, -0.25) is 4.79 Å². The zero-order valence-electron chi connectivity index (χ0n) is 8.82. The van der Waals surface area contributed by atoms with Gasteiger partial charge in [0, 0.05) is 24.6 Å². The molecule has 5 nitrogen and oxygen atoms in total. The second-order valence-electron chi connectivity index (χ2n) is 4.31. The van der Waals surface area contributed by atoms with Gasteiger partial charge in [-0.2, -0.15) is 0 Å². The molecule has 1 aliphatic rings. The molecule has 0 saturated heterocycles. The lowest BCUT2D eigenvalue weighted by molar-refractivity contribution is -0.121. The number of aliphatic hydroxyl groups is 1. The molecule has 0 spiro atoms. The summed E-state index contributed by atoms with van der Waals surface area (Å²) in [6, 6.07) is 0. The third kappa shape index (κ3) is 4.61. The smallest absolute Gasteiger partial charge is 0.221 e. The first-order chi connectivity index (χ1) is 6.87. The first-order valence-corrected chi connectivity index (χ1v) is 6.98. The van der Waals surface area contributed by atoms with Crippen LogP contribution in [0.3, 0.4) is 0 Å². The number of aliphatic hydroxyl groups excluding tert-OH is 1. The molecule has 1 saturated carbocycles. The first-order valence-electron chi connectivity index (χ1n) is 4.92. The quantitative estimate of drug-likeness (QED) is 0.638. The molecule has 1 fully saturated rings. The first kappa shape index (κ1) is 12.4. The number of carbonyl (C=O) groups excluding carboxylic acids is 1. The van der Waals surface area contributed by atoms with Crippen LogP contribution in [-0.2, 0) is 14.6 Å². The van der Waals surface area contributed by atoms with Crippen molar-refractivity contribution in [3.05, 3.63) is 0 Å². The zero-order valence-corrected chi connectivity index (χ0v) is 9.64. The van der Waals surface area contributed by atoms with Crippen LogP contribution in [0.25, 0.3) is 0 Å². The minimum Gasteiger partial charge on any atom is -0.396 e. The average molecular weight is 235 g/mol. The van der Waals surface area contributed by atoms with Gasteiger partial charge in [0.15, 0.2) is 0 Å². The second kappa shape index (κ2) is 4.49. The minimum absolute atomic E-state index is 0.000339. The molecule has 0 bridgehead atoms. The Morgan fingerprint density at radius 2 is 2.07 bits per heavy atom. The highest BCUT2D eigenvalue weighted by atomic mass is 32.2. The molecule has 6 heteroatoms. The minimum atomic E-state index is -3.07. The van der Waals surface area contributed by atoms with Gasteiger partial charge in [0.1, 0.15) is 9.84 Å². The Balaban J connectivity index is 2.20. The maximum absolute atomic E-state index is 11.2. The SMILES string of the molecule is CS(=O)(=O)CCC(=O)NCC1(CO)CC1. The van der Waals surface area contributed by atoms with Crippen LogP contribution in [0.1, 0.15) is 19.3 Å². The number of sulfone groups is 1. The summed E-state index contributed by atoms with van der Waals surface area (Å²) in [6.07, 6.45) is 2.96. The van der Waals surface area contributed by atoms with Crippen LogP contribution in [0.2, 0.25) is 0 Å². The van der Waals surface area contributed by atoms with E-state index >= 15 is 0 Å². The van der Waals surface area contributed by atoms with Crippen molar-refractivity contribution in [3.63, 3.8) is 0 Å². The van der Waals surface area contributed by atoms with Crippen molar-refractivity contribution in [2.24, 2.45) is 5.41 Å². The molecule has 2 N–H and O–H groups in total. The summed E-state index contributed by atoms with van der Waals surface area (Å²) in [4.78, 5) is 11.2. The van der Waals surface area contributed by atoms with E-state index in [4.69, 9.17) is 5.11 Å². The van der Waals surface area contributed by atoms with Crippen LogP contribution in [-0.4, -0.2) is 44.6 Å². The molecule has 0 aromatic heterocycles. The summed E-state index contributed by atoms with van der Waals surface area (Å²) in [5.41, 5.74) is -0.124. The van der Waals surface area contributed by atoms with Crippen LogP contribution >= 0.6 is 0 Å². The Morgan fingerprint density at radius 3 is 2.47 bits per heavy atom. The highest BCUT2D eigenvalue weighted by Crippen LogP contribution is 2.44. The molecule has 0 heterocycles. The van der Waals surface area contributed by atoms with E-state index in [1.807, 2.05) is 0 Å². The maximum atomic E-state index is 11.2. The molecule has 0 radical (unpaired) electrons. The van der Waals surface area contributed by atoms with E-state index in [0.717, 1.165) is 19.1 Å². The van der Waals surface area contributed by atoms with Crippen LogP contribution in [0, 0.1) is 5.41 Å². The third-order valence-corrected chi connectivity index (χ3v) is 3.60. The fourth-order valence-electron chi connectivity index (χ4n) is 1.22. The Bertz CT molecular complexity index is 332. The molecule has 15 heavy (non-hydrogen) atoms. The Morgan fingerprint density at radius 1 is 1.47 bits per heavy atom. The van der Waals surface area contributed by atoms with Gasteiger partial charge in [0.2, 0.25) is 5.91 Å². The number of rotatable bonds is 6. The maximum Gasteiger partial charge on any atom is 0.221 e. The van der Waals surface area contributed by atoms with E-state index in [9.17, 15) is 13.2 Å². The molecule has 88 valence electrons. The highest BCUT2D eigenvalue weighted by Gasteiger charge is 2.41. The normalized spacial score (nSPS) is 18.5. The van der Waals surface area contributed by atoms with Crippen molar-refractivity contribution in [3.8, 4) is 0 Å². The summed E-state index contributed by atoms with van der Waals surface area (Å²) < 4.78 is 21.6. The molecule has 0 aliphatic heterocycles. The monoisotopic (exact) mass is 235 g/mol. The lowest BCUT2D eigenvalue weighted by Gasteiger charge is -2.12. The fraction of sp³-hybridized carbons (Fsp3) is 0.889. The molecule has 0 aromatic rings. The van der Waals surface area contributed by atoms with E-state index in [-0.39, 0.29) is 30.1 Å². The molecule has 1 aliphatic carbocycles. The van der Waals surface area contributed by atoms with Crippen LogP contribution in [0.15, 0.2) is 0 Å². The van der Waals surface area contributed by atoms with Gasteiger partial charge >= 0.3 is 0 Å². The van der Waals surface area contributed by atoms with Gasteiger partial charge in [-0.25, -0.2) is 8.42 Å². The number of nitrogens with one attached hydrogen (secondary N) is 1. The predicted octanol–water partition coefficient (Wildman–Crippen LogP) is -0.690. The zero-order chi connectivity index (χ0) is 11.5. The molecule has 0 aromatic carbocycles. The topological polar surface area (TPSA) is 83.5 Å². The van der Waals surface area contributed by atoms with Gasteiger partial charge in [-0.05, 0) is 12.8 Å². The molecule has 0 atom stereocenters. The standard InChI is InChI=1S/C9H17NO4S/c1-15(13,14)5-2-8(12)10-6-9(7-11)3-4-9/h11H,2-7H2,1H3,(H,10,12). The van der Waals surface area contributed by atoms with E-state index in [1.165, 1.54) is 0 Å². The fourth-order valence-corrected chi connectivity index (χ4v) is 1.78. The van der Waals surface area contributed by atoms with Crippen molar-refractivity contribution in [1.82, 2.24) is 5.32 Å². The van der Waals surface area contributed by atoms with Crippen molar-refractivity contribution in [2.45, 2.75) is 19.3 Å². The second-order valence-corrected chi connectivity index (χ2v) is 6.57. The van der Waals surface area contributed by atoms with Crippen molar-refractivity contribution < 1.29 is 18.3 Å². The summed E-state index contributed by atoms with van der Waals surface area (Å²) in [5.74, 6) is -0.384. The van der Waals surface area contributed by atoms with Crippen molar-refractivity contribution in [1.29, 1.82) is 0 Å². The van der Waals surface area contributed by atoms with Gasteiger partial charge in [-0.15, -0.1) is 0 Å². The predicted molar refractivity (Wildman–Crippen MR) is 56.1 cm³/mol. The van der Waals surface area contributed by atoms with Gasteiger partial charge in [-0.1, -0.05) is 0 Å². The summed E-state index contributed by atoms with van der Waals surface area (Å²) in [5, 5.41) is 11.6. The molecule has 0 unspecified atom stereocenters. The lowest BCUT2D eigenvalue weighted by atomic mass is 10.1. The summed E-state index contributed by atoms with van der Waals surface area (Å²) in [7, 11) is -3.07. The highest BCUT2D eigenvalue weighted by molar-refractivity contribution is 7.90. The van der Waals surface area contributed by atoms with Crippen molar-refractivity contribution in [2.75, 3.05) is 25.2 Å². The van der Waals surface area contributed by atoms with Gasteiger partial charge in [0.25, 0.3) is 0 Å². The number of hydrogen-bond acceptors (Lipinski definition) is 4. The van der Waals surface area contributed by atoms with Gasteiger partial charge in [0.05, 0.1) is 12.4 Å². The number of hydrogen-bond donors (Lipinski definition) is 2. The molecular formula is C9H17NO4S. The van der Waals surface area contributed by atoms with E-state index < -0.39 is 9.84 Å². The third-order valence-electron chi connectivity index (χ3n) is 2.65. The Hall–Kier alpha value is -0.620.